The molecule has 2 aromatic rings. The van der Waals surface area contributed by atoms with Gasteiger partial charge in [0.05, 0.1) is 13.7 Å². The molecular weight excluding hydrogens is 424 g/mol. The number of ketones is 1. The summed E-state index contributed by atoms with van der Waals surface area (Å²) in [6, 6.07) is 10.3. The standard InChI is InChI=1S/C21H23BrN2O4/c1-15(12-20(25)17-4-3-10-23-14-17)24-19(21(26)27-2)13-16-5-7-18(8-6-16)28-11-9-22/h3-8,10,12,14,19,24H,9,11,13H2,1-2H3. The number of ether oxygens (including phenoxy) is 2. The van der Waals surface area contributed by atoms with E-state index >= 15 is 0 Å². The minimum absolute atomic E-state index is 0.185. The van der Waals surface area contributed by atoms with Crippen LogP contribution in [-0.4, -0.2) is 41.8 Å². The van der Waals surface area contributed by atoms with Crippen LogP contribution in [0.15, 0.2) is 60.6 Å². The second-order valence-corrected chi connectivity index (χ2v) is 6.83. The van der Waals surface area contributed by atoms with Crippen LogP contribution in [0, 0.1) is 0 Å². The maximum absolute atomic E-state index is 12.3. The largest absolute Gasteiger partial charge is 0.493 e. The van der Waals surface area contributed by atoms with Crippen molar-refractivity contribution < 1.29 is 19.1 Å². The molecule has 0 aliphatic carbocycles. The number of nitrogens with zero attached hydrogens (tertiary/aromatic N) is 1. The van der Waals surface area contributed by atoms with Crippen LogP contribution in [0.5, 0.6) is 5.75 Å². The van der Waals surface area contributed by atoms with Gasteiger partial charge in [0.25, 0.3) is 0 Å². The van der Waals surface area contributed by atoms with E-state index in [1.165, 1.54) is 19.4 Å². The van der Waals surface area contributed by atoms with E-state index in [0.29, 0.717) is 24.3 Å². The highest BCUT2D eigenvalue weighted by Crippen LogP contribution is 2.14. The zero-order valence-corrected chi connectivity index (χ0v) is 17.4. The van der Waals surface area contributed by atoms with Crippen LogP contribution in [0.25, 0.3) is 0 Å². The van der Waals surface area contributed by atoms with Crippen molar-refractivity contribution in [1.29, 1.82) is 0 Å². The fraction of sp³-hybridized carbons (Fsp3) is 0.286. The Labute approximate surface area is 173 Å². The van der Waals surface area contributed by atoms with Gasteiger partial charge in [-0.1, -0.05) is 28.1 Å². The van der Waals surface area contributed by atoms with Crippen molar-refractivity contribution in [3.8, 4) is 5.75 Å². The van der Waals surface area contributed by atoms with Crippen LogP contribution in [0.3, 0.4) is 0 Å². The van der Waals surface area contributed by atoms with Crippen molar-refractivity contribution in [1.82, 2.24) is 10.3 Å². The Morgan fingerprint density at radius 1 is 1.25 bits per heavy atom. The number of rotatable bonds is 10. The van der Waals surface area contributed by atoms with E-state index < -0.39 is 12.0 Å². The number of esters is 1. The zero-order valence-electron chi connectivity index (χ0n) is 15.9. The molecule has 1 unspecified atom stereocenters. The van der Waals surface area contributed by atoms with Crippen LogP contribution >= 0.6 is 15.9 Å². The lowest BCUT2D eigenvalue weighted by Crippen LogP contribution is -2.38. The van der Waals surface area contributed by atoms with Crippen molar-refractivity contribution in [2.45, 2.75) is 19.4 Å². The van der Waals surface area contributed by atoms with E-state index in [9.17, 15) is 9.59 Å². The number of hydrogen-bond donors (Lipinski definition) is 1. The molecule has 1 aromatic heterocycles. The molecule has 0 saturated heterocycles. The number of carbonyl (C=O) groups is 2. The molecule has 0 amide bonds. The lowest BCUT2D eigenvalue weighted by molar-refractivity contribution is -0.142. The first-order valence-corrected chi connectivity index (χ1v) is 9.90. The quantitative estimate of drug-likeness (QED) is 0.261. The number of benzene rings is 1. The summed E-state index contributed by atoms with van der Waals surface area (Å²) in [5.41, 5.74) is 2.00. The van der Waals surface area contributed by atoms with Gasteiger partial charge in [-0.3, -0.25) is 9.78 Å². The SMILES string of the molecule is COC(=O)C(Cc1ccc(OCCBr)cc1)NC(C)=CC(=O)c1cccnc1. The molecule has 1 heterocycles. The number of alkyl halides is 1. The van der Waals surface area contributed by atoms with E-state index in [0.717, 1.165) is 16.6 Å². The Morgan fingerprint density at radius 3 is 2.61 bits per heavy atom. The first-order chi connectivity index (χ1) is 13.5. The minimum Gasteiger partial charge on any atom is -0.493 e. The zero-order chi connectivity index (χ0) is 20.4. The number of pyridine rings is 1. The Bertz CT molecular complexity index is 807. The van der Waals surface area contributed by atoms with Gasteiger partial charge in [-0.05, 0) is 36.8 Å². The second kappa shape index (κ2) is 11.2. The molecule has 0 aliphatic heterocycles. The molecule has 7 heteroatoms. The summed E-state index contributed by atoms with van der Waals surface area (Å²) in [7, 11) is 1.34. The first-order valence-electron chi connectivity index (χ1n) is 8.78. The molecular formula is C21H23BrN2O4. The van der Waals surface area contributed by atoms with Gasteiger partial charge >= 0.3 is 5.97 Å². The van der Waals surface area contributed by atoms with E-state index in [4.69, 9.17) is 9.47 Å². The maximum atomic E-state index is 12.3. The smallest absolute Gasteiger partial charge is 0.328 e. The Hall–Kier alpha value is -2.67. The molecule has 0 spiro atoms. The summed E-state index contributed by atoms with van der Waals surface area (Å²) < 4.78 is 10.4. The topological polar surface area (TPSA) is 77.5 Å². The molecule has 1 aromatic carbocycles. The molecule has 2 rings (SSSR count). The first kappa shape index (κ1) is 21.6. The summed E-state index contributed by atoms with van der Waals surface area (Å²) in [5, 5.41) is 3.83. The molecule has 0 aliphatic rings. The average molecular weight is 447 g/mol. The summed E-state index contributed by atoms with van der Waals surface area (Å²) in [5.74, 6) is 0.181. The molecule has 1 N–H and O–H groups in total. The van der Waals surface area contributed by atoms with Crippen molar-refractivity contribution in [3.63, 3.8) is 0 Å². The number of hydrogen-bond acceptors (Lipinski definition) is 6. The van der Waals surface area contributed by atoms with Gasteiger partial charge < -0.3 is 14.8 Å². The molecule has 0 radical (unpaired) electrons. The van der Waals surface area contributed by atoms with Crippen LogP contribution < -0.4 is 10.1 Å². The van der Waals surface area contributed by atoms with Crippen LogP contribution in [0.2, 0.25) is 0 Å². The fourth-order valence-electron chi connectivity index (χ4n) is 2.55. The third-order valence-electron chi connectivity index (χ3n) is 3.89. The predicted octanol–water partition coefficient (Wildman–Crippen LogP) is 3.32. The van der Waals surface area contributed by atoms with Crippen molar-refractivity contribution in [2.75, 3.05) is 19.0 Å². The number of halogens is 1. The van der Waals surface area contributed by atoms with Crippen molar-refractivity contribution in [2.24, 2.45) is 0 Å². The number of allylic oxidation sites excluding steroid dienone is 2. The van der Waals surface area contributed by atoms with Gasteiger partial charge in [0.1, 0.15) is 11.8 Å². The lowest BCUT2D eigenvalue weighted by atomic mass is 10.1. The summed E-state index contributed by atoms with van der Waals surface area (Å²) >= 11 is 3.32. The molecule has 0 saturated carbocycles. The highest BCUT2D eigenvalue weighted by Gasteiger charge is 2.20. The minimum atomic E-state index is -0.614. The summed E-state index contributed by atoms with van der Waals surface area (Å²) in [6.45, 7) is 2.32. The van der Waals surface area contributed by atoms with Crippen LogP contribution in [0.1, 0.15) is 22.8 Å². The highest BCUT2D eigenvalue weighted by atomic mass is 79.9. The number of aromatic nitrogens is 1. The normalized spacial score (nSPS) is 12.2. The Balaban J connectivity index is 2.05. The van der Waals surface area contributed by atoms with Gasteiger partial charge in [0.15, 0.2) is 5.78 Å². The van der Waals surface area contributed by atoms with Crippen molar-refractivity contribution in [3.05, 3.63) is 71.7 Å². The molecule has 28 heavy (non-hydrogen) atoms. The molecule has 0 fully saturated rings. The highest BCUT2D eigenvalue weighted by molar-refractivity contribution is 9.09. The van der Waals surface area contributed by atoms with E-state index in [1.54, 1.807) is 25.3 Å². The number of carbonyl (C=O) groups excluding carboxylic acids is 2. The molecule has 0 bridgehead atoms. The Morgan fingerprint density at radius 2 is 2.00 bits per heavy atom. The van der Waals surface area contributed by atoms with Gasteiger partial charge in [0, 0.05) is 41.5 Å². The Kier molecular flexibility index (Phi) is 8.68. The van der Waals surface area contributed by atoms with Crippen molar-refractivity contribution >= 4 is 27.7 Å². The van der Waals surface area contributed by atoms with Gasteiger partial charge in [-0.2, -0.15) is 0 Å². The fourth-order valence-corrected chi connectivity index (χ4v) is 2.72. The second-order valence-electron chi connectivity index (χ2n) is 6.04. The van der Waals surface area contributed by atoms with E-state index in [2.05, 4.69) is 26.2 Å². The van der Waals surface area contributed by atoms with Gasteiger partial charge in [0.2, 0.25) is 0 Å². The van der Waals surface area contributed by atoms with Crippen LogP contribution in [-0.2, 0) is 16.0 Å². The van der Waals surface area contributed by atoms with Gasteiger partial charge in [-0.15, -0.1) is 0 Å². The monoisotopic (exact) mass is 446 g/mol. The number of methoxy groups -OCH3 is 1. The third kappa shape index (κ3) is 6.81. The van der Waals surface area contributed by atoms with E-state index in [-0.39, 0.29) is 5.78 Å². The lowest BCUT2D eigenvalue weighted by Gasteiger charge is -2.18. The average Bonchev–Trinajstić information content (AvgIpc) is 2.72. The van der Waals surface area contributed by atoms with E-state index in [1.807, 2.05) is 24.3 Å². The predicted molar refractivity (Wildman–Crippen MR) is 111 cm³/mol. The number of nitrogens with one attached hydrogen (secondary N) is 1. The van der Waals surface area contributed by atoms with Gasteiger partial charge in [-0.25, -0.2) is 4.79 Å². The third-order valence-corrected chi connectivity index (χ3v) is 4.21. The molecule has 148 valence electrons. The maximum Gasteiger partial charge on any atom is 0.328 e. The van der Waals surface area contributed by atoms with Crippen LogP contribution in [0.4, 0.5) is 0 Å². The summed E-state index contributed by atoms with van der Waals surface area (Å²) in [6.07, 6.45) is 4.97. The molecule has 6 nitrogen and oxygen atoms in total. The summed E-state index contributed by atoms with van der Waals surface area (Å²) in [4.78, 5) is 28.4. The molecule has 1 atom stereocenters.